The summed E-state index contributed by atoms with van der Waals surface area (Å²) < 4.78 is 62.2. The van der Waals surface area contributed by atoms with Crippen LogP contribution >= 0.6 is 35.2 Å². The van der Waals surface area contributed by atoms with E-state index in [0.29, 0.717) is 21.9 Å². The van der Waals surface area contributed by atoms with Gasteiger partial charge in [0.2, 0.25) is 11.8 Å². The average Bonchev–Trinajstić information content (AvgIpc) is 3.82. The number of ether oxygens (including phenoxy) is 1. The molecule has 58 heavy (non-hydrogen) atoms. The number of benzene rings is 1. The molecule has 1 aliphatic heterocycles. The number of fused-ring (bicyclic) bond motifs is 2. The monoisotopic (exact) mass is 899 g/mol. The minimum atomic E-state index is -5.57. The van der Waals surface area contributed by atoms with Crippen molar-refractivity contribution in [1.82, 2.24) is 40.1 Å². The van der Waals surface area contributed by atoms with Crippen LogP contribution in [-0.4, -0.2) is 133 Å². The van der Waals surface area contributed by atoms with E-state index in [2.05, 4.69) is 44.4 Å². The summed E-state index contributed by atoms with van der Waals surface area (Å²) in [7, 11) is -16.4. The number of rotatable bonds is 20. The molecular formula is C28H40N9O17P3S. The lowest BCUT2D eigenvalue weighted by Gasteiger charge is -2.30. The average molecular weight is 900 g/mol. The van der Waals surface area contributed by atoms with Crippen LogP contribution in [0.1, 0.15) is 26.5 Å². The number of phenols is 1. The molecule has 30 heteroatoms. The number of nitrogens with one attached hydrogen (secondary N) is 3. The normalized spacial score (nSPS) is 21.4. The summed E-state index contributed by atoms with van der Waals surface area (Å²) in [5.41, 5.74) is 5.59. The predicted molar refractivity (Wildman–Crippen MR) is 198 cm³/mol. The highest BCUT2D eigenvalue weighted by Crippen LogP contribution is 2.61. The smallest absolute Gasteiger partial charge is 0.481 e. The summed E-state index contributed by atoms with van der Waals surface area (Å²) in [4.78, 5) is 83.3. The zero-order valence-electron chi connectivity index (χ0n) is 30.3. The Morgan fingerprint density at radius 1 is 1.09 bits per heavy atom. The number of carbonyl (C=O) groups excluding carboxylic acids is 2. The van der Waals surface area contributed by atoms with E-state index in [0.717, 1.165) is 17.2 Å². The van der Waals surface area contributed by atoms with Crippen LogP contribution in [0.2, 0.25) is 0 Å². The number of phosphoric acid groups is 3. The fourth-order valence-corrected chi connectivity index (χ4v) is 8.89. The van der Waals surface area contributed by atoms with Gasteiger partial charge in [-0.05, 0) is 12.1 Å². The van der Waals surface area contributed by atoms with Crippen LogP contribution in [0, 0.1) is 5.41 Å². The van der Waals surface area contributed by atoms with Crippen molar-refractivity contribution in [3.63, 3.8) is 0 Å². The second-order valence-electron chi connectivity index (χ2n) is 13.2. The first-order valence-corrected chi connectivity index (χ1v) is 22.3. The third kappa shape index (κ3) is 12.0. The lowest BCUT2D eigenvalue weighted by atomic mass is 9.87. The maximum atomic E-state index is 12.7. The van der Waals surface area contributed by atoms with Crippen molar-refractivity contribution in [2.45, 2.75) is 56.1 Å². The van der Waals surface area contributed by atoms with Gasteiger partial charge in [-0.1, -0.05) is 25.6 Å². The van der Waals surface area contributed by atoms with Crippen LogP contribution in [0.15, 0.2) is 36.0 Å². The number of thioether (sulfide) groups is 1. The van der Waals surface area contributed by atoms with E-state index in [9.17, 15) is 58.2 Å². The first-order chi connectivity index (χ1) is 27.0. The number of anilines is 1. The zero-order valence-corrected chi connectivity index (χ0v) is 33.8. The number of nitrogens with zero attached hydrogens (tertiary/aromatic N) is 5. The summed E-state index contributed by atoms with van der Waals surface area (Å²) in [5.74, 6) is -0.872. The van der Waals surface area contributed by atoms with Crippen molar-refractivity contribution in [2.24, 2.45) is 5.41 Å². The molecular weight excluding hydrogens is 859 g/mol. The fourth-order valence-electron chi connectivity index (χ4n) is 5.32. The third-order valence-corrected chi connectivity index (χ3v) is 12.2. The van der Waals surface area contributed by atoms with E-state index >= 15 is 0 Å². The van der Waals surface area contributed by atoms with Crippen LogP contribution < -0.4 is 16.4 Å². The van der Waals surface area contributed by atoms with E-state index in [4.69, 9.17) is 19.5 Å². The van der Waals surface area contributed by atoms with Gasteiger partial charge in [-0.15, -0.1) is 0 Å². The number of aromatic amines is 1. The highest BCUT2D eigenvalue weighted by atomic mass is 32.2. The maximum absolute atomic E-state index is 12.7. The summed E-state index contributed by atoms with van der Waals surface area (Å²) in [5, 5.41) is 36.7. The van der Waals surface area contributed by atoms with Gasteiger partial charge in [-0.2, -0.15) is 4.31 Å². The predicted octanol–water partition coefficient (Wildman–Crippen LogP) is -0.221. The maximum Gasteiger partial charge on any atom is 0.481 e. The second kappa shape index (κ2) is 18.3. The minimum absolute atomic E-state index is 0.0301. The number of phenolic OH excluding ortho intramolecular Hbond substituents is 1. The molecule has 5 rings (SSSR count). The highest BCUT2D eigenvalue weighted by Gasteiger charge is 2.50. The fraction of sp³-hybridized carbons (Fsp3) is 0.500. The number of nitrogens with two attached hydrogens (primary N) is 1. The summed E-state index contributed by atoms with van der Waals surface area (Å²) >= 11 is 1.34. The number of amides is 2. The third-order valence-electron chi connectivity index (χ3n) is 8.18. The van der Waals surface area contributed by atoms with E-state index in [1.165, 1.54) is 37.7 Å². The zero-order chi connectivity index (χ0) is 42.6. The van der Waals surface area contributed by atoms with Crippen molar-refractivity contribution in [3.8, 4) is 5.75 Å². The van der Waals surface area contributed by atoms with Gasteiger partial charge in [0.15, 0.2) is 22.8 Å². The molecule has 7 atom stereocenters. The van der Waals surface area contributed by atoms with Crippen molar-refractivity contribution in [3.05, 3.63) is 30.9 Å². The Kier molecular flexibility index (Phi) is 14.4. The van der Waals surface area contributed by atoms with Gasteiger partial charge in [0.05, 0.1) is 30.6 Å². The Hall–Kier alpha value is -3.62. The number of nitrogen functional groups attached to an aromatic ring is 1. The number of aromatic hydroxyl groups is 1. The standard InChI is InChI=1S/C28H40N9O17P3S/c1-28(2,22(41)25(42)31-6-5-18(39)30-7-8-58-27-35-15-4-3-14(38)9-16(15)36-27)11-51-57(48,49)54-56(46,47)50-10-17-21(53-55(43,44)45)20(40)26(52-17)37-13-34-19-23(29)32-12-33-24(19)37/h3-4,9,12-13,17,20-22,26,38,40-41H,5-8,10-11H2,1-2H3,(H,30,39)(H,31,42)(H,35,36)(H,46,47)(H,48,49)(H2,29,32,33)(H2,43,44,45)/t17-,20-,21-,22+,26-/m1/s1. The van der Waals surface area contributed by atoms with Crippen LogP contribution in [0.4, 0.5) is 5.82 Å². The molecule has 3 aromatic heterocycles. The number of aliphatic hydroxyl groups excluding tert-OH is 2. The van der Waals surface area contributed by atoms with Crippen LogP contribution in [0.25, 0.3) is 22.2 Å². The first-order valence-electron chi connectivity index (χ1n) is 16.7. The van der Waals surface area contributed by atoms with Gasteiger partial charge in [0, 0.05) is 36.7 Å². The van der Waals surface area contributed by atoms with Crippen molar-refractivity contribution < 1.29 is 80.8 Å². The molecule has 1 aliphatic rings. The molecule has 0 spiro atoms. The molecule has 0 bridgehead atoms. The Labute approximate surface area is 331 Å². The molecule has 12 N–H and O–H groups in total. The lowest BCUT2D eigenvalue weighted by molar-refractivity contribution is -0.137. The molecule has 4 aromatic rings. The number of H-pyrrole nitrogens is 1. The summed E-state index contributed by atoms with van der Waals surface area (Å²) in [6, 6.07) is 4.70. The molecule has 1 aromatic carbocycles. The van der Waals surface area contributed by atoms with Crippen molar-refractivity contribution in [1.29, 1.82) is 0 Å². The molecule has 2 amide bonds. The Morgan fingerprint density at radius 2 is 1.81 bits per heavy atom. The minimum Gasteiger partial charge on any atom is -0.508 e. The van der Waals surface area contributed by atoms with E-state index in [-0.39, 0.29) is 42.2 Å². The largest absolute Gasteiger partial charge is 0.508 e. The van der Waals surface area contributed by atoms with Crippen molar-refractivity contribution >= 4 is 75.1 Å². The van der Waals surface area contributed by atoms with Crippen LogP contribution in [0.5, 0.6) is 5.75 Å². The molecule has 320 valence electrons. The van der Waals surface area contributed by atoms with Gasteiger partial charge >= 0.3 is 23.5 Å². The molecule has 0 radical (unpaired) electrons. The Morgan fingerprint density at radius 3 is 2.53 bits per heavy atom. The second-order valence-corrected chi connectivity index (χ2v) is 18.5. The van der Waals surface area contributed by atoms with Gasteiger partial charge < -0.3 is 61.0 Å². The molecule has 2 unspecified atom stereocenters. The van der Waals surface area contributed by atoms with Gasteiger partial charge in [-0.25, -0.2) is 33.6 Å². The summed E-state index contributed by atoms with van der Waals surface area (Å²) in [6.07, 6.45) is -6.90. The summed E-state index contributed by atoms with van der Waals surface area (Å²) in [6.45, 7) is 0.575. The SMILES string of the molecule is CC(C)(COP(=O)(O)OP(=O)(O)OC[C@H]1O[C@@H](n2cnc3c(N)ncnc32)[C@H](O)[C@@H]1OP(=O)(O)O)[C@@H](O)C(=O)NCCC(=O)NCCSc1nc2ccc(O)cc2[nH]1. The number of imidazole rings is 2. The Bertz CT molecular complexity index is 2260. The number of carbonyl (C=O) groups is 2. The van der Waals surface area contributed by atoms with E-state index < -0.39 is 84.6 Å². The number of aromatic nitrogens is 6. The van der Waals surface area contributed by atoms with Gasteiger partial charge in [0.1, 0.15) is 42.0 Å². The van der Waals surface area contributed by atoms with Crippen LogP contribution in [0.3, 0.4) is 0 Å². The van der Waals surface area contributed by atoms with Gasteiger partial charge in [0.25, 0.3) is 0 Å². The highest BCUT2D eigenvalue weighted by molar-refractivity contribution is 7.99. The quantitative estimate of drug-likeness (QED) is 0.0310. The Balaban J connectivity index is 1.05. The number of hydrogen-bond donors (Lipinski definition) is 11. The van der Waals surface area contributed by atoms with Gasteiger partial charge in [-0.3, -0.25) is 27.7 Å². The molecule has 1 saturated heterocycles. The first kappa shape index (κ1) is 45.5. The van der Waals surface area contributed by atoms with Crippen molar-refractivity contribution in [2.75, 3.05) is 37.8 Å². The van der Waals surface area contributed by atoms with E-state index in [1.54, 1.807) is 6.07 Å². The molecule has 1 fully saturated rings. The number of aliphatic hydroxyl groups is 2. The lowest BCUT2D eigenvalue weighted by Crippen LogP contribution is -2.46. The molecule has 26 nitrogen and oxygen atoms in total. The van der Waals surface area contributed by atoms with E-state index in [1.807, 2.05) is 0 Å². The molecule has 0 aliphatic carbocycles. The number of hydrogen-bond acceptors (Lipinski definition) is 19. The molecule has 0 saturated carbocycles. The van der Waals surface area contributed by atoms with Crippen LogP contribution in [-0.2, 0) is 45.9 Å². The number of phosphoric ester groups is 3. The topological polar surface area (TPSA) is 395 Å². The molecule has 4 heterocycles.